The molecule has 0 saturated heterocycles. The monoisotopic (exact) mass is 226 g/mol. The molecule has 1 unspecified atom stereocenters. The first-order chi connectivity index (χ1) is 7.43. The number of hydrogen-bond donors (Lipinski definition) is 1. The third-order valence-corrected chi connectivity index (χ3v) is 4.39. The van der Waals surface area contributed by atoms with Crippen LogP contribution in [0.25, 0.3) is 0 Å². The van der Waals surface area contributed by atoms with E-state index in [0.29, 0.717) is 0 Å². The zero-order valence-corrected chi connectivity index (χ0v) is 11.6. The third kappa shape index (κ3) is 4.45. The highest BCUT2D eigenvalue weighted by Crippen LogP contribution is 2.34. The molecule has 0 aromatic heterocycles. The molecule has 0 aromatic carbocycles. The van der Waals surface area contributed by atoms with E-state index in [1.54, 1.807) is 0 Å². The largest absolute Gasteiger partial charge is 0.393 e. The second-order valence-corrected chi connectivity index (χ2v) is 6.75. The van der Waals surface area contributed by atoms with Crippen LogP contribution in [0.15, 0.2) is 0 Å². The minimum absolute atomic E-state index is 0.0562. The Bertz CT molecular complexity index is 184. The van der Waals surface area contributed by atoms with E-state index in [2.05, 4.69) is 27.7 Å². The fourth-order valence-corrected chi connectivity index (χ4v) is 2.75. The Morgan fingerprint density at radius 3 is 2.00 bits per heavy atom. The average molecular weight is 226 g/mol. The van der Waals surface area contributed by atoms with Gasteiger partial charge in [-0.3, -0.25) is 0 Å². The molecule has 0 radical (unpaired) electrons. The average Bonchev–Trinajstić information content (AvgIpc) is 2.25. The van der Waals surface area contributed by atoms with Gasteiger partial charge in [0.1, 0.15) is 0 Å². The maximum atomic E-state index is 10.0. The summed E-state index contributed by atoms with van der Waals surface area (Å²) < 4.78 is 0. The topological polar surface area (TPSA) is 20.2 Å². The van der Waals surface area contributed by atoms with Crippen LogP contribution < -0.4 is 0 Å². The standard InChI is InChI=1S/C15H30O/c1-5-12-6-8-13(9-7-12)10-11-14(16)15(2,3)4/h12-14,16H,5-11H2,1-4H3. The van der Waals surface area contributed by atoms with Crippen LogP contribution in [-0.4, -0.2) is 11.2 Å². The fraction of sp³-hybridized carbons (Fsp3) is 1.00. The van der Waals surface area contributed by atoms with Gasteiger partial charge in [0.05, 0.1) is 6.10 Å². The molecule has 96 valence electrons. The van der Waals surface area contributed by atoms with Gasteiger partial charge in [-0.1, -0.05) is 59.8 Å². The first-order valence-electron chi connectivity index (χ1n) is 7.11. The maximum Gasteiger partial charge on any atom is 0.0588 e. The predicted molar refractivity (Wildman–Crippen MR) is 70.4 cm³/mol. The molecule has 0 aromatic rings. The summed E-state index contributed by atoms with van der Waals surface area (Å²) >= 11 is 0. The van der Waals surface area contributed by atoms with E-state index in [9.17, 15) is 5.11 Å². The van der Waals surface area contributed by atoms with E-state index < -0.39 is 0 Å². The number of aliphatic hydroxyl groups excluding tert-OH is 1. The predicted octanol–water partition coefficient (Wildman–Crippen LogP) is 4.39. The van der Waals surface area contributed by atoms with Gasteiger partial charge in [0.15, 0.2) is 0 Å². The Kier molecular flexibility index (Phi) is 5.30. The van der Waals surface area contributed by atoms with Gasteiger partial charge >= 0.3 is 0 Å². The molecule has 0 spiro atoms. The molecule has 1 atom stereocenters. The van der Waals surface area contributed by atoms with Crippen molar-refractivity contribution in [3.8, 4) is 0 Å². The van der Waals surface area contributed by atoms with Crippen molar-refractivity contribution in [3.05, 3.63) is 0 Å². The summed E-state index contributed by atoms with van der Waals surface area (Å²) in [5, 5.41) is 10.0. The molecule has 1 fully saturated rings. The Hall–Kier alpha value is -0.0400. The summed E-state index contributed by atoms with van der Waals surface area (Å²) in [6.45, 7) is 8.71. The molecule has 16 heavy (non-hydrogen) atoms. The zero-order chi connectivity index (χ0) is 12.2. The van der Waals surface area contributed by atoms with Crippen molar-refractivity contribution >= 4 is 0 Å². The lowest BCUT2D eigenvalue weighted by Gasteiger charge is -2.31. The second kappa shape index (κ2) is 6.05. The Balaban J connectivity index is 2.20. The summed E-state index contributed by atoms with van der Waals surface area (Å²) in [4.78, 5) is 0. The molecule has 0 bridgehead atoms. The molecule has 1 heteroatoms. The van der Waals surface area contributed by atoms with Crippen molar-refractivity contribution in [2.45, 2.75) is 78.7 Å². The van der Waals surface area contributed by atoms with Crippen molar-refractivity contribution in [2.24, 2.45) is 17.3 Å². The first-order valence-corrected chi connectivity index (χ1v) is 7.11. The van der Waals surface area contributed by atoms with E-state index in [4.69, 9.17) is 0 Å². The van der Waals surface area contributed by atoms with Crippen molar-refractivity contribution < 1.29 is 5.11 Å². The van der Waals surface area contributed by atoms with E-state index in [-0.39, 0.29) is 11.5 Å². The molecule has 0 aliphatic heterocycles. The van der Waals surface area contributed by atoms with E-state index in [0.717, 1.165) is 18.3 Å². The normalized spacial score (nSPS) is 29.1. The lowest BCUT2D eigenvalue weighted by atomic mass is 9.77. The van der Waals surface area contributed by atoms with Crippen LogP contribution in [0.2, 0.25) is 0 Å². The van der Waals surface area contributed by atoms with Crippen molar-refractivity contribution in [3.63, 3.8) is 0 Å². The lowest BCUT2D eigenvalue weighted by Crippen LogP contribution is -2.27. The molecule has 1 nitrogen and oxygen atoms in total. The van der Waals surface area contributed by atoms with Gasteiger partial charge in [0.25, 0.3) is 0 Å². The minimum atomic E-state index is -0.128. The molecular formula is C15H30O. The number of hydrogen-bond acceptors (Lipinski definition) is 1. The van der Waals surface area contributed by atoms with Gasteiger partial charge in [0.2, 0.25) is 0 Å². The van der Waals surface area contributed by atoms with E-state index in [1.165, 1.54) is 38.5 Å². The first kappa shape index (κ1) is 14.0. The molecule has 0 heterocycles. The van der Waals surface area contributed by atoms with Crippen LogP contribution >= 0.6 is 0 Å². The van der Waals surface area contributed by atoms with Crippen LogP contribution in [0.3, 0.4) is 0 Å². The van der Waals surface area contributed by atoms with Crippen molar-refractivity contribution in [1.29, 1.82) is 0 Å². The quantitative estimate of drug-likeness (QED) is 0.753. The molecule has 1 N–H and O–H groups in total. The van der Waals surface area contributed by atoms with Crippen LogP contribution in [0.5, 0.6) is 0 Å². The van der Waals surface area contributed by atoms with Crippen molar-refractivity contribution in [1.82, 2.24) is 0 Å². The van der Waals surface area contributed by atoms with Gasteiger partial charge in [-0.2, -0.15) is 0 Å². The summed E-state index contributed by atoms with van der Waals surface area (Å²) in [5.74, 6) is 1.88. The SMILES string of the molecule is CCC1CCC(CCC(O)C(C)(C)C)CC1. The van der Waals surface area contributed by atoms with E-state index in [1.807, 2.05) is 0 Å². The second-order valence-electron chi connectivity index (χ2n) is 6.75. The fourth-order valence-electron chi connectivity index (χ4n) is 2.75. The van der Waals surface area contributed by atoms with Crippen LogP contribution in [-0.2, 0) is 0 Å². The van der Waals surface area contributed by atoms with Crippen molar-refractivity contribution in [2.75, 3.05) is 0 Å². The van der Waals surface area contributed by atoms with Gasteiger partial charge in [-0.05, 0) is 30.1 Å². The molecule has 0 amide bonds. The van der Waals surface area contributed by atoms with E-state index >= 15 is 0 Å². The number of rotatable bonds is 4. The molecule has 1 aliphatic rings. The summed E-state index contributed by atoms with van der Waals surface area (Å²) in [6, 6.07) is 0. The van der Waals surface area contributed by atoms with Gasteiger partial charge in [-0.15, -0.1) is 0 Å². The number of aliphatic hydroxyl groups is 1. The Morgan fingerprint density at radius 2 is 1.56 bits per heavy atom. The molecule has 1 rings (SSSR count). The molecular weight excluding hydrogens is 196 g/mol. The van der Waals surface area contributed by atoms with Gasteiger partial charge < -0.3 is 5.11 Å². The highest BCUT2D eigenvalue weighted by atomic mass is 16.3. The summed E-state index contributed by atoms with van der Waals surface area (Å²) in [7, 11) is 0. The highest BCUT2D eigenvalue weighted by molar-refractivity contribution is 4.76. The van der Waals surface area contributed by atoms with Gasteiger partial charge in [0, 0.05) is 0 Å². The summed E-state index contributed by atoms with van der Waals surface area (Å²) in [6.07, 6.45) is 9.10. The Labute approximate surface area is 102 Å². The van der Waals surface area contributed by atoms with Gasteiger partial charge in [-0.25, -0.2) is 0 Å². The lowest BCUT2D eigenvalue weighted by molar-refractivity contribution is 0.0472. The van der Waals surface area contributed by atoms with Crippen LogP contribution in [0.4, 0.5) is 0 Å². The van der Waals surface area contributed by atoms with Crippen LogP contribution in [0, 0.1) is 17.3 Å². The highest BCUT2D eigenvalue weighted by Gasteiger charge is 2.25. The third-order valence-electron chi connectivity index (χ3n) is 4.39. The zero-order valence-electron chi connectivity index (χ0n) is 11.6. The molecule has 1 saturated carbocycles. The van der Waals surface area contributed by atoms with Crippen LogP contribution in [0.1, 0.15) is 72.6 Å². The maximum absolute atomic E-state index is 10.0. The minimum Gasteiger partial charge on any atom is -0.393 e. The Morgan fingerprint density at radius 1 is 1.06 bits per heavy atom. The smallest absolute Gasteiger partial charge is 0.0588 e. The summed E-state index contributed by atoms with van der Waals surface area (Å²) in [5.41, 5.74) is 0.0562. The molecule has 1 aliphatic carbocycles.